The summed E-state index contributed by atoms with van der Waals surface area (Å²) in [5.41, 5.74) is 0. The van der Waals surface area contributed by atoms with Crippen LogP contribution < -0.4 is 0 Å². The highest BCUT2D eigenvalue weighted by molar-refractivity contribution is 5.71. The molecule has 0 amide bonds. The van der Waals surface area contributed by atoms with Gasteiger partial charge in [-0.1, -0.05) is 147 Å². The summed E-state index contributed by atoms with van der Waals surface area (Å²) in [6.45, 7) is 4.82. The average Bonchev–Trinajstić information content (AvgIpc) is 3.11. The number of allylic oxidation sites excluding steroid dienone is 4. The lowest BCUT2D eigenvalue weighted by molar-refractivity contribution is -0.870. The van der Waals surface area contributed by atoms with Gasteiger partial charge in [-0.2, -0.15) is 0 Å². The SMILES string of the molecule is CCCCC/C=C\C/C=C\CCCCCCCCCCCC(=O)OC(COC(=O)CCCCCCCCCCC)COC(OCC[N+](C)(C)C)C(=O)O. The highest BCUT2D eigenvalue weighted by Crippen LogP contribution is 2.14. The summed E-state index contributed by atoms with van der Waals surface area (Å²) >= 11 is 0. The molecule has 0 aromatic heterocycles. The van der Waals surface area contributed by atoms with Crippen molar-refractivity contribution in [3.05, 3.63) is 24.3 Å². The van der Waals surface area contributed by atoms with Crippen molar-refractivity contribution < 1.29 is 42.9 Å². The number of rotatable bonds is 39. The number of carbonyl (C=O) groups is 3. The third kappa shape index (κ3) is 37.9. The first kappa shape index (κ1) is 50.8. The number of esters is 2. The maximum Gasteiger partial charge on any atom is 0.361 e. The Morgan fingerprint density at radius 1 is 0.566 bits per heavy atom. The van der Waals surface area contributed by atoms with Crippen LogP contribution in [0.25, 0.3) is 0 Å². The van der Waals surface area contributed by atoms with Gasteiger partial charge in [-0.25, -0.2) is 4.79 Å². The van der Waals surface area contributed by atoms with E-state index in [0.29, 0.717) is 17.4 Å². The van der Waals surface area contributed by atoms with Crippen LogP contribution in [0.15, 0.2) is 24.3 Å². The summed E-state index contributed by atoms with van der Waals surface area (Å²) in [6.07, 6.45) is 35.2. The van der Waals surface area contributed by atoms with E-state index in [4.69, 9.17) is 18.9 Å². The van der Waals surface area contributed by atoms with E-state index in [1.54, 1.807) is 0 Å². The molecule has 0 bridgehead atoms. The number of carbonyl (C=O) groups excluding carboxylic acids is 2. The van der Waals surface area contributed by atoms with Crippen LogP contribution >= 0.6 is 0 Å². The van der Waals surface area contributed by atoms with Crippen LogP contribution in [0.2, 0.25) is 0 Å². The molecule has 9 heteroatoms. The molecule has 0 fully saturated rings. The van der Waals surface area contributed by atoms with Crippen molar-refractivity contribution >= 4 is 17.9 Å². The predicted octanol–water partition coefficient (Wildman–Crippen LogP) is 10.9. The Morgan fingerprint density at radius 2 is 1.02 bits per heavy atom. The van der Waals surface area contributed by atoms with Crippen LogP contribution in [-0.4, -0.2) is 87.4 Å². The zero-order valence-electron chi connectivity index (χ0n) is 34.9. The maximum atomic E-state index is 12.7. The van der Waals surface area contributed by atoms with Crippen LogP contribution in [0.1, 0.15) is 181 Å². The van der Waals surface area contributed by atoms with E-state index < -0.39 is 24.3 Å². The van der Waals surface area contributed by atoms with Gasteiger partial charge < -0.3 is 28.5 Å². The quantitative estimate of drug-likeness (QED) is 0.0217. The fourth-order valence-corrected chi connectivity index (χ4v) is 5.81. The highest BCUT2D eigenvalue weighted by atomic mass is 16.7. The molecule has 0 rings (SSSR count). The number of quaternary nitrogens is 1. The normalized spacial score (nSPS) is 13.2. The smallest absolute Gasteiger partial charge is 0.361 e. The van der Waals surface area contributed by atoms with Crippen molar-refractivity contribution in [2.24, 2.45) is 0 Å². The molecule has 0 saturated heterocycles. The number of ether oxygens (including phenoxy) is 4. The summed E-state index contributed by atoms with van der Waals surface area (Å²) in [6, 6.07) is 0. The Labute approximate surface area is 325 Å². The molecule has 0 heterocycles. The standard InChI is InChI=1S/C44H81NO8/c1-6-8-10-12-14-16-17-18-19-20-21-22-23-24-25-27-29-31-33-35-42(47)53-40(39-52-44(43(48)49)50-37-36-45(3,4)5)38-51-41(46)34-32-30-28-26-15-13-11-9-7-2/h14,16,18-19,40,44H,6-13,15,17,20-39H2,1-5H3/p+1/b16-14-,19-18-. The zero-order valence-corrected chi connectivity index (χ0v) is 34.9. The molecule has 9 nitrogen and oxygen atoms in total. The summed E-state index contributed by atoms with van der Waals surface area (Å²) in [5.74, 6) is -2.01. The molecule has 0 aliphatic heterocycles. The molecule has 0 spiro atoms. The molecular weight excluding hydrogens is 670 g/mol. The van der Waals surface area contributed by atoms with E-state index in [0.717, 1.165) is 51.4 Å². The van der Waals surface area contributed by atoms with Crippen molar-refractivity contribution in [1.29, 1.82) is 0 Å². The lowest BCUT2D eigenvalue weighted by Crippen LogP contribution is -2.40. The Kier molecular flexibility index (Phi) is 35.2. The number of carboxylic acids is 1. The molecule has 310 valence electrons. The van der Waals surface area contributed by atoms with Gasteiger partial charge in [0, 0.05) is 12.8 Å². The van der Waals surface area contributed by atoms with E-state index in [9.17, 15) is 19.5 Å². The van der Waals surface area contributed by atoms with E-state index in [2.05, 4.69) is 38.2 Å². The first-order valence-corrected chi connectivity index (χ1v) is 21.5. The Balaban J connectivity index is 4.39. The third-order valence-corrected chi connectivity index (χ3v) is 9.21. The second kappa shape index (κ2) is 36.7. The van der Waals surface area contributed by atoms with Gasteiger partial charge in [-0.15, -0.1) is 0 Å². The minimum Gasteiger partial charge on any atom is -0.477 e. The summed E-state index contributed by atoms with van der Waals surface area (Å²) in [4.78, 5) is 36.9. The first-order chi connectivity index (χ1) is 25.6. The van der Waals surface area contributed by atoms with Gasteiger partial charge in [0.05, 0.1) is 34.4 Å². The maximum absolute atomic E-state index is 12.7. The van der Waals surface area contributed by atoms with E-state index in [-0.39, 0.29) is 32.2 Å². The van der Waals surface area contributed by atoms with Crippen LogP contribution in [0.4, 0.5) is 0 Å². The number of carboxylic acid groups (broad SMARTS) is 1. The van der Waals surface area contributed by atoms with Crippen molar-refractivity contribution in [1.82, 2.24) is 0 Å². The van der Waals surface area contributed by atoms with Gasteiger partial charge in [0.1, 0.15) is 13.2 Å². The minimum atomic E-state index is -1.50. The first-order valence-electron chi connectivity index (χ1n) is 21.5. The van der Waals surface area contributed by atoms with Gasteiger partial charge in [-0.05, 0) is 44.9 Å². The minimum absolute atomic E-state index is 0.181. The van der Waals surface area contributed by atoms with E-state index in [1.165, 1.54) is 103 Å². The fraction of sp³-hybridized carbons (Fsp3) is 0.841. The highest BCUT2D eigenvalue weighted by Gasteiger charge is 2.25. The molecule has 1 N–H and O–H groups in total. The van der Waals surface area contributed by atoms with E-state index >= 15 is 0 Å². The topological polar surface area (TPSA) is 108 Å². The van der Waals surface area contributed by atoms with Crippen molar-refractivity contribution in [2.45, 2.75) is 193 Å². The Hall–Kier alpha value is -2.23. The number of hydrogen-bond donors (Lipinski definition) is 1. The Morgan fingerprint density at radius 3 is 1.53 bits per heavy atom. The largest absolute Gasteiger partial charge is 0.477 e. The predicted molar refractivity (Wildman–Crippen MR) is 217 cm³/mol. The van der Waals surface area contributed by atoms with Crippen LogP contribution in [0.5, 0.6) is 0 Å². The molecule has 0 saturated carbocycles. The van der Waals surface area contributed by atoms with Gasteiger partial charge in [0.2, 0.25) is 0 Å². The zero-order chi connectivity index (χ0) is 39.3. The monoisotopic (exact) mass is 753 g/mol. The lowest BCUT2D eigenvalue weighted by Gasteiger charge is -2.25. The molecule has 0 aliphatic carbocycles. The molecule has 0 aliphatic rings. The molecule has 0 radical (unpaired) electrons. The van der Waals surface area contributed by atoms with Gasteiger partial charge >= 0.3 is 17.9 Å². The van der Waals surface area contributed by atoms with Crippen LogP contribution in [0.3, 0.4) is 0 Å². The van der Waals surface area contributed by atoms with Gasteiger partial charge in [-0.3, -0.25) is 9.59 Å². The number of hydrogen-bond acceptors (Lipinski definition) is 7. The van der Waals surface area contributed by atoms with E-state index in [1.807, 2.05) is 21.1 Å². The van der Waals surface area contributed by atoms with Crippen LogP contribution in [-0.2, 0) is 33.3 Å². The second-order valence-electron chi connectivity index (χ2n) is 15.7. The van der Waals surface area contributed by atoms with Crippen LogP contribution in [0, 0.1) is 0 Å². The number of aliphatic carboxylic acids is 1. The molecule has 2 unspecified atom stereocenters. The number of likely N-dealkylation sites (N-methyl/N-ethyl adjacent to an activating group) is 1. The summed E-state index contributed by atoms with van der Waals surface area (Å²) < 4.78 is 22.7. The third-order valence-electron chi connectivity index (χ3n) is 9.21. The lowest BCUT2D eigenvalue weighted by atomic mass is 10.1. The fourth-order valence-electron chi connectivity index (χ4n) is 5.81. The molecule has 0 aromatic rings. The summed E-state index contributed by atoms with van der Waals surface area (Å²) in [7, 11) is 5.95. The molecule has 0 aromatic carbocycles. The second-order valence-corrected chi connectivity index (χ2v) is 15.7. The number of nitrogens with zero attached hydrogens (tertiary/aromatic N) is 1. The molecule has 53 heavy (non-hydrogen) atoms. The summed E-state index contributed by atoms with van der Waals surface area (Å²) in [5, 5.41) is 9.60. The Bertz CT molecular complexity index is 929. The molecular formula is C44H82NO8+. The molecule has 2 atom stereocenters. The van der Waals surface area contributed by atoms with Gasteiger partial charge in [0.15, 0.2) is 6.10 Å². The van der Waals surface area contributed by atoms with Crippen molar-refractivity contribution in [3.63, 3.8) is 0 Å². The number of unbranched alkanes of at least 4 members (excludes halogenated alkanes) is 20. The average molecular weight is 753 g/mol. The van der Waals surface area contributed by atoms with Gasteiger partial charge in [0.25, 0.3) is 6.29 Å². The van der Waals surface area contributed by atoms with Crippen molar-refractivity contribution in [3.8, 4) is 0 Å². The van der Waals surface area contributed by atoms with Crippen molar-refractivity contribution in [2.75, 3.05) is 47.5 Å².